The van der Waals surface area contributed by atoms with Gasteiger partial charge in [-0.1, -0.05) is 0 Å². The summed E-state index contributed by atoms with van der Waals surface area (Å²) in [4.78, 5) is 1.97. The molecule has 0 heterocycles. The van der Waals surface area contributed by atoms with Gasteiger partial charge in [-0.3, -0.25) is 0 Å². The first-order valence-electron chi connectivity index (χ1n) is 5.46. The van der Waals surface area contributed by atoms with Crippen LogP contribution in [0.2, 0.25) is 0 Å². The van der Waals surface area contributed by atoms with Crippen LogP contribution in [0.1, 0.15) is 12.8 Å². The lowest BCUT2D eigenvalue weighted by atomic mass is 10.2. The number of nitrogens with one attached hydrogen (secondary N) is 1. The lowest BCUT2D eigenvalue weighted by Crippen LogP contribution is -2.11. The van der Waals surface area contributed by atoms with Crippen molar-refractivity contribution in [3.63, 3.8) is 0 Å². The molecular weight excluding hydrogens is 229 g/mol. The van der Waals surface area contributed by atoms with Gasteiger partial charge in [0.1, 0.15) is 0 Å². The van der Waals surface area contributed by atoms with E-state index < -0.39 is 12.6 Å². The van der Waals surface area contributed by atoms with Crippen molar-refractivity contribution in [2.75, 3.05) is 30.9 Å². The molecule has 0 aliphatic rings. The molecule has 0 amide bonds. The van der Waals surface area contributed by atoms with Crippen LogP contribution < -0.4 is 10.2 Å². The highest BCUT2D eigenvalue weighted by atomic mass is 19.4. The molecule has 0 aliphatic carbocycles. The van der Waals surface area contributed by atoms with Crippen molar-refractivity contribution in [3.8, 4) is 0 Å². The Labute approximate surface area is 99.4 Å². The Morgan fingerprint density at radius 3 is 2.18 bits per heavy atom. The maximum Gasteiger partial charge on any atom is 0.389 e. The maximum atomic E-state index is 11.9. The number of rotatable bonds is 5. The zero-order valence-electron chi connectivity index (χ0n) is 10.0. The van der Waals surface area contributed by atoms with E-state index in [0.29, 0.717) is 6.54 Å². The van der Waals surface area contributed by atoms with E-state index in [1.54, 1.807) is 0 Å². The Bertz CT molecular complexity index is 331. The van der Waals surface area contributed by atoms with Crippen LogP contribution in [0.25, 0.3) is 0 Å². The molecule has 0 unspecified atom stereocenters. The molecule has 1 N–H and O–H groups in total. The minimum Gasteiger partial charge on any atom is -0.385 e. The minimum atomic E-state index is -4.06. The zero-order chi connectivity index (χ0) is 12.9. The summed E-state index contributed by atoms with van der Waals surface area (Å²) >= 11 is 0. The molecule has 0 fully saturated rings. The van der Waals surface area contributed by atoms with E-state index >= 15 is 0 Å². The number of halogens is 3. The molecule has 1 aromatic rings. The molecule has 1 rings (SSSR count). The molecule has 0 spiro atoms. The third-order valence-corrected chi connectivity index (χ3v) is 2.35. The monoisotopic (exact) mass is 246 g/mol. The fraction of sp³-hybridized carbons (Fsp3) is 0.500. The molecule has 0 saturated heterocycles. The van der Waals surface area contributed by atoms with Gasteiger partial charge in [-0.05, 0) is 30.7 Å². The number of benzene rings is 1. The highest BCUT2D eigenvalue weighted by molar-refractivity contribution is 5.54. The van der Waals surface area contributed by atoms with Crippen molar-refractivity contribution < 1.29 is 13.2 Å². The molecule has 0 radical (unpaired) electrons. The fourth-order valence-corrected chi connectivity index (χ4v) is 1.40. The highest BCUT2D eigenvalue weighted by Gasteiger charge is 2.25. The molecule has 0 bridgehead atoms. The second-order valence-corrected chi connectivity index (χ2v) is 4.09. The standard InChI is InChI=1S/C12H17F3N2/c1-17(2)11-6-4-10(5-7-11)16-9-3-8-12(13,14)15/h4-7,16H,3,8-9H2,1-2H3. The molecular formula is C12H17F3N2. The second kappa shape index (κ2) is 5.80. The van der Waals surface area contributed by atoms with E-state index in [1.165, 1.54) is 0 Å². The lowest BCUT2D eigenvalue weighted by Gasteiger charge is -2.13. The molecule has 0 saturated carbocycles. The van der Waals surface area contributed by atoms with Gasteiger partial charge in [0.05, 0.1) is 0 Å². The second-order valence-electron chi connectivity index (χ2n) is 4.09. The summed E-state index contributed by atoms with van der Waals surface area (Å²) in [6.45, 7) is 0.334. The molecule has 0 aromatic heterocycles. The summed E-state index contributed by atoms with van der Waals surface area (Å²) in [7, 11) is 3.87. The van der Waals surface area contributed by atoms with Crippen LogP contribution in [0.5, 0.6) is 0 Å². The fourth-order valence-electron chi connectivity index (χ4n) is 1.40. The molecule has 2 nitrogen and oxygen atoms in total. The van der Waals surface area contributed by atoms with Crippen molar-refractivity contribution in [2.45, 2.75) is 19.0 Å². The van der Waals surface area contributed by atoms with Crippen LogP contribution in [0.15, 0.2) is 24.3 Å². The summed E-state index contributed by atoms with van der Waals surface area (Å²) < 4.78 is 35.7. The van der Waals surface area contributed by atoms with Crippen molar-refractivity contribution in [3.05, 3.63) is 24.3 Å². The van der Waals surface area contributed by atoms with E-state index in [-0.39, 0.29) is 6.42 Å². The highest BCUT2D eigenvalue weighted by Crippen LogP contribution is 2.21. The smallest absolute Gasteiger partial charge is 0.385 e. The van der Waals surface area contributed by atoms with Gasteiger partial charge < -0.3 is 10.2 Å². The van der Waals surface area contributed by atoms with Crippen LogP contribution in [-0.2, 0) is 0 Å². The molecule has 0 aliphatic heterocycles. The van der Waals surface area contributed by atoms with Crippen LogP contribution in [0.4, 0.5) is 24.5 Å². The third kappa shape index (κ3) is 5.47. The largest absolute Gasteiger partial charge is 0.389 e. The van der Waals surface area contributed by atoms with Gasteiger partial charge in [-0.25, -0.2) is 0 Å². The molecule has 1 aromatic carbocycles. The molecule has 0 atom stereocenters. The average molecular weight is 246 g/mol. The number of hydrogen-bond donors (Lipinski definition) is 1. The van der Waals surface area contributed by atoms with Gasteiger partial charge >= 0.3 is 6.18 Å². The first kappa shape index (κ1) is 13.7. The van der Waals surface area contributed by atoms with Gasteiger partial charge in [-0.15, -0.1) is 0 Å². The van der Waals surface area contributed by atoms with E-state index in [9.17, 15) is 13.2 Å². The first-order valence-corrected chi connectivity index (χ1v) is 5.46. The normalized spacial score (nSPS) is 11.4. The number of anilines is 2. The Morgan fingerprint density at radius 1 is 1.12 bits per heavy atom. The van der Waals surface area contributed by atoms with E-state index in [1.807, 2.05) is 43.3 Å². The van der Waals surface area contributed by atoms with Crippen molar-refractivity contribution >= 4 is 11.4 Å². The van der Waals surface area contributed by atoms with Crippen molar-refractivity contribution in [2.24, 2.45) is 0 Å². The predicted octanol–water partition coefficient (Wildman–Crippen LogP) is 3.51. The Hall–Kier alpha value is -1.39. The van der Waals surface area contributed by atoms with Gasteiger partial charge in [0.15, 0.2) is 0 Å². The summed E-state index contributed by atoms with van der Waals surface area (Å²) in [5, 5.41) is 2.96. The zero-order valence-corrected chi connectivity index (χ0v) is 10.0. The van der Waals surface area contributed by atoms with Gasteiger partial charge in [0.2, 0.25) is 0 Å². The third-order valence-electron chi connectivity index (χ3n) is 2.35. The van der Waals surface area contributed by atoms with E-state index in [2.05, 4.69) is 5.32 Å². The average Bonchev–Trinajstić information content (AvgIpc) is 2.24. The number of hydrogen-bond acceptors (Lipinski definition) is 2. The van der Waals surface area contributed by atoms with Gasteiger partial charge in [0, 0.05) is 38.4 Å². The van der Waals surface area contributed by atoms with Crippen molar-refractivity contribution in [1.29, 1.82) is 0 Å². The van der Waals surface area contributed by atoms with Crippen LogP contribution in [0.3, 0.4) is 0 Å². The summed E-state index contributed by atoms with van der Waals surface area (Å²) in [6.07, 6.45) is -4.70. The topological polar surface area (TPSA) is 15.3 Å². The van der Waals surface area contributed by atoms with Crippen LogP contribution >= 0.6 is 0 Å². The SMILES string of the molecule is CN(C)c1ccc(NCCCC(F)(F)F)cc1. The first-order chi connectivity index (χ1) is 7.88. The summed E-state index contributed by atoms with van der Waals surface area (Å²) in [5.74, 6) is 0. The van der Waals surface area contributed by atoms with Gasteiger partial charge in [-0.2, -0.15) is 13.2 Å². The Kier molecular flexibility index (Phi) is 4.66. The van der Waals surface area contributed by atoms with Crippen LogP contribution in [-0.4, -0.2) is 26.8 Å². The summed E-state index contributed by atoms with van der Waals surface area (Å²) in [6, 6.07) is 7.57. The lowest BCUT2D eigenvalue weighted by molar-refractivity contribution is -0.134. The van der Waals surface area contributed by atoms with E-state index in [4.69, 9.17) is 0 Å². The molecule has 17 heavy (non-hydrogen) atoms. The Morgan fingerprint density at radius 2 is 1.71 bits per heavy atom. The summed E-state index contributed by atoms with van der Waals surface area (Å²) in [5.41, 5.74) is 1.91. The molecule has 96 valence electrons. The number of nitrogens with zero attached hydrogens (tertiary/aromatic N) is 1. The maximum absolute atomic E-state index is 11.9. The molecule has 5 heteroatoms. The quantitative estimate of drug-likeness (QED) is 0.800. The Balaban J connectivity index is 2.33. The van der Waals surface area contributed by atoms with E-state index in [0.717, 1.165) is 11.4 Å². The minimum absolute atomic E-state index is 0.0962. The van der Waals surface area contributed by atoms with Crippen molar-refractivity contribution in [1.82, 2.24) is 0 Å². The van der Waals surface area contributed by atoms with Gasteiger partial charge in [0.25, 0.3) is 0 Å². The number of alkyl halides is 3. The van der Waals surface area contributed by atoms with Crippen LogP contribution in [0, 0.1) is 0 Å². The predicted molar refractivity (Wildman–Crippen MR) is 64.5 cm³/mol.